The van der Waals surface area contributed by atoms with Gasteiger partial charge in [0.1, 0.15) is 6.10 Å². The van der Waals surface area contributed by atoms with Crippen LogP contribution in [0, 0.1) is 0 Å². The first-order valence-electron chi connectivity index (χ1n) is 7.49. The van der Waals surface area contributed by atoms with Crippen LogP contribution in [0.1, 0.15) is 47.5 Å². The Morgan fingerprint density at radius 2 is 1.45 bits per heavy atom. The summed E-state index contributed by atoms with van der Waals surface area (Å²) in [7, 11) is 0. The third-order valence-electron chi connectivity index (χ3n) is 2.55. The molecule has 0 aliphatic carbocycles. The lowest BCUT2D eigenvalue weighted by Gasteiger charge is -2.19. The van der Waals surface area contributed by atoms with Gasteiger partial charge in [-0.25, -0.2) is 0 Å². The molecule has 0 bridgehead atoms. The maximum absolute atomic E-state index is 11.1. The van der Waals surface area contributed by atoms with E-state index in [-0.39, 0.29) is 24.3 Å². The third-order valence-corrected chi connectivity index (χ3v) is 2.55. The average Bonchev–Trinajstić information content (AvgIpc) is 2.43. The van der Waals surface area contributed by atoms with Gasteiger partial charge in [-0.05, 0) is 27.2 Å². The maximum Gasteiger partial charge on any atom is 0.305 e. The maximum atomic E-state index is 11.1. The van der Waals surface area contributed by atoms with Gasteiger partial charge in [0.25, 0.3) is 0 Å². The van der Waals surface area contributed by atoms with Crippen molar-refractivity contribution >= 4 is 5.97 Å². The minimum absolute atomic E-state index is 0.0357. The molecule has 0 amide bonds. The van der Waals surface area contributed by atoms with Crippen LogP contribution >= 0.6 is 0 Å². The lowest BCUT2D eigenvalue weighted by Crippen LogP contribution is -2.27. The smallest absolute Gasteiger partial charge is 0.305 e. The molecule has 3 unspecified atom stereocenters. The molecule has 3 atom stereocenters. The molecule has 0 heterocycles. The van der Waals surface area contributed by atoms with Crippen LogP contribution in [-0.2, 0) is 23.7 Å². The number of rotatable bonds is 12. The summed E-state index contributed by atoms with van der Waals surface area (Å²) in [5, 5.41) is 0. The van der Waals surface area contributed by atoms with Crippen molar-refractivity contribution in [2.75, 3.05) is 26.4 Å². The van der Waals surface area contributed by atoms with E-state index in [0.717, 1.165) is 13.0 Å². The van der Waals surface area contributed by atoms with Crippen molar-refractivity contribution < 1.29 is 23.7 Å². The molecule has 20 heavy (non-hydrogen) atoms. The first-order valence-corrected chi connectivity index (χ1v) is 7.49. The van der Waals surface area contributed by atoms with Crippen LogP contribution < -0.4 is 0 Å². The molecule has 0 spiro atoms. The van der Waals surface area contributed by atoms with Crippen molar-refractivity contribution in [2.45, 2.75) is 65.8 Å². The molecule has 5 heteroatoms. The molecule has 0 aromatic rings. The predicted molar refractivity (Wildman–Crippen MR) is 77.8 cm³/mol. The van der Waals surface area contributed by atoms with Gasteiger partial charge in [0, 0.05) is 13.0 Å². The molecule has 0 fully saturated rings. The Labute approximate surface area is 122 Å². The largest absolute Gasteiger partial charge is 0.460 e. The van der Waals surface area contributed by atoms with E-state index >= 15 is 0 Å². The zero-order valence-electron chi connectivity index (χ0n) is 13.5. The number of carbonyl (C=O) groups excluding carboxylic acids is 1. The molecular weight excluding hydrogens is 260 g/mol. The molecule has 0 aromatic heterocycles. The van der Waals surface area contributed by atoms with Crippen molar-refractivity contribution in [3.63, 3.8) is 0 Å². The van der Waals surface area contributed by atoms with Crippen LogP contribution in [0.5, 0.6) is 0 Å². The fourth-order valence-corrected chi connectivity index (χ4v) is 1.43. The Hall–Kier alpha value is -0.650. The minimum atomic E-state index is -0.227. The Kier molecular flexibility index (Phi) is 11.7. The van der Waals surface area contributed by atoms with Crippen LogP contribution in [0.15, 0.2) is 0 Å². The summed E-state index contributed by atoms with van der Waals surface area (Å²) in [5.41, 5.74) is 0. The highest BCUT2D eigenvalue weighted by atomic mass is 16.6. The fraction of sp³-hybridized carbons (Fsp3) is 0.933. The molecule has 0 aromatic carbocycles. The molecule has 120 valence electrons. The first-order chi connectivity index (χ1) is 9.49. The predicted octanol–water partition coefficient (Wildman–Crippen LogP) is 2.56. The number of hydrogen-bond donors (Lipinski definition) is 0. The quantitative estimate of drug-likeness (QED) is 0.408. The van der Waals surface area contributed by atoms with E-state index in [4.69, 9.17) is 18.9 Å². The van der Waals surface area contributed by atoms with E-state index in [9.17, 15) is 4.79 Å². The molecule has 0 radical (unpaired) electrons. The lowest BCUT2D eigenvalue weighted by atomic mass is 10.3. The van der Waals surface area contributed by atoms with E-state index in [1.54, 1.807) is 6.92 Å². The van der Waals surface area contributed by atoms with Crippen LogP contribution in [0.3, 0.4) is 0 Å². The second-order valence-electron chi connectivity index (χ2n) is 5.02. The summed E-state index contributed by atoms with van der Waals surface area (Å²) >= 11 is 0. The van der Waals surface area contributed by atoms with Gasteiger partial charge >= 0.3 is 5.97 Å². The van der Waals surface area contributed by atoms with Crippen LogP contribution in [-0.4, -0.2) is 50.7 Å². The zero-order chi connectivity index (χ0) is 15.4. The van der Waals surface area contributed by atoms with E-state index < -0.39 is 0 Å². The highest BCUT2D eigenvalue weighted by Gasteiger charge is 2.11. The summed E-state index contributed by atoms with van der Waals surface area (Å²) in [4.78, 5) is 11.1. The van der Waals surface area contributed by atoms with Gasteiger partial charge in [0.05, 0.1) is 32.0 Å². The highest BCUT2D eigenvalue weighted by Crippen LogP contribution is 2.01. The Morgan fingerprint density at radius 1 is 0.900 bits per heavy atom. The first kappa shape index (κ1) is 19.4. The third kappa shape index (κ3) is 11.2. The number of carbonyl (C=O) groups is 1. The second-order valence-corrected chi connectivity index (χ2v) is 5.02. The molecule has 0 saturated heterocycles. The van der Waals surface area contributed by atoms with E-state index in [0.29, 0.717) is 26.2 Å². The van der Waals surface area contributed by atoms with E-state index in [2.05, 4.69) is 6.92 Å². The topological polar surface area (TPSA) is 54.0 Å². The monoisotopic (exact) mass is 290 g/mol. The Balaban J connectivity index is 3.62. The SMILES string of the molecule is CCCOCC(C)OCC(C)OCC(C)OC(=O)CC. The minimum Gasteiger partial charge on any atom is -0.460 e. The zero-order valence-corrected chi connectivity index (χ0v) is 13.5. The van der Waals surface area contributed by atoms with Crippen LogP contribution in [0.2, 0.25) is 0 Å². The molecular formula is C15H30O5. The fourth-order valence-electron chi connectivity index (χ4n) is 1.43. The van der Waals surface area contributed by atoms with Gasteiger partial charge in [-0.2, -0.15) is 0 Å². The van der Waals surface area contributed by atoms with Crippen molar-refractivity contribution in [3.05, 3.63) is 0 Å². The Morgan fingerprint density at radius 3 is 2.00 bits per heavy atom. The highest BCUT2D eigenvalue weighted by molar-refractivity contribution is 5.69. The molecule has 0 aliphatic rings. The normalized spacial score (nSPS) is 15.7. The van der Waals surface area contributed by atoms with Gasteiger partial charge in [0.15, 0.2) is 0 Å². The average molecular weight is 290 g/mol. The Bertz CT molecular complexity index is 244. The number of esters is 1. The summed E-state index contributed by atoms with van der Waals surface area (Å²) in [6.45, 7) is 11.8. The van der Waals surface area contributed by atoms with Crippen molar-refractivity contribution in [1.29, 1.82) is 0 Å². The summed E-state index contributed by atoms with van der Waals surface area (Å²) in [6, 6.07) is 0. The lowest BCUT2D eigenvalue weighted by molar-refractivity contribution is -0.152. The molecule has 0 aliphatic heterocycles. The van der Waals surface area contributed by atoms with Crippen LogP contribution in [0.25, 0.3) is 0 Å². The second kappa shape index (κ2) is 12.1. The number of ether oxygens (including phenoxy) is 4. The van der Waals surface area contributed by atoms with Crippen molar-refractivity contribution in [3.8, 4) is 0 Å². The van der Waals surface area contributed by atoms with Gasteiger partial charge < -0.3 is 18.9 Å². The molecule has 0 rings (SSSR count). The van der Waals surface area contributed by atoms with Crippen molar-refractivity contribution in [1.82, 2.24) is 0 Å². The molecule has 5 nitrogen and oxygen atoms in total. The van der Waals surface area contributed by atoms with Gasteiger partial charge in [-0.1, -0.05) is 13.8 Å². The summed E-state index contributed by atoms with van der Waals surface area (Å²) < 4.78 is 21.7. The van der Waals surface area contributed by atoms with Gasteiger partial charge in [0.2, 0.25) is 0 Å². The van der Waals surface area contributed by atoms with E-state index in [1.165, 1.54) is 0 Å². The van der Waals surface area contributed by atoms with Gasteiger partial charge in [-0.3, -0.25) is 4.79 Å². The van der Waals surface area contributed by atoms with Gasteiger partial charge in [-0.15, -0.1) is 0 Å². The standard InChI is InChI=1S/C15H30O5/c1-6-8-17-9-12(3)18-10-13(4)19-11-14(5)20-15(16)7-2/h12-14H,6-11H2,1-5H3. The summed E-state index contributed by atoms with van der Waals surface area (Å²) in [6.07, 6.45) is 1.20. The van der Waals surface area contributed by atoms with Crippen molar-refractivity contribution in [2.24, 2.45) is 0 Å². The molecule has 0 N–H and O–H groups in total. The van der Waals surface area contributed by atoms with Crippen LogP contribution in [0.4, 0.5) is 0 Å². The van der Waals surface area contributed by atoms with E-state index in [1.807, 2.05) is 20.8 Å². The number of hydrogen-bond acceptors (Lipinski definition) is 5. The molecule has 0 saturated carbocycles. The summed E-state index contributed by atoms with van der Waals surface area (Å²) in [5.74, 6) is -0.202.